The van der Waals surface area contributed by atoms with Crippen molar-refractivity contribution in [3.63, 3.8) is 0 Å². The predicted octanol–water partition coefficient (Wildman–Crippen LogP) is 0.380. The summed E-state index contributed by atoms with van der Waals surface area (Å²) >= 11 is 0. The zero-order valence-electron chi connectivity index (χ0n) is 8.81. The van der Waals surface area contributed by atoms with Crippen LogP contribution in [0.2, 0.25) is 0 Å². The molecule has 5 heteroatoms. The summed E-state index contributed by atoms with van der Waals surface area (Å²) in [6.45, 7) is 3.85. The average Bonchev–Trinajstić information content (AvgIpc) is 2.92. The van der Waals surface area contributed by atoms with Gasteiger partial charge in [-0.2, -0.15) is 0 Å². The van der Waals surface area contributed by atoms with Gasteiger partial charge in [-0.25, -0.2) is 4.79 Å². The molecule has 1 fully saturated rings. The van der Waals surface area contributed by atoms with Gasteiger partial charge in [0.05, 0.1) is 14.2 Å². The first-order valence-corrected chi connectivity index (χ1v) is 4.45. The van der Waals surface area contributed by atoms with Crippen molar-refractivity contribution in [1.82, 2.24) is 0 Å². The minimum Gasteiger partial charge on any atom is -0.482 e. The highest BCUT2D eigenvalue weighted by Gasteiger charge is 2.50. The van der Waals surface area contributed by atoms with Crippen molar-refractivity contribution in [2.75, 3.05) is 14.2 Å². The van der Waals surface area contributed by atoms with E-state index in [-0.39, 0.29) is 18.1 Å². The molecule has 14 heavy (non-hydrogen) atoms. The molecule has 0 amide bonds. The zero-order valence-corrected chi connectivity index (χ0v) is 8.81. The molecule has 1 saturated heterocycles. The Morgan fingerprint density at radius 2 is 1.93 bits per heavy atom. The molecule has 0 spiro atoms. The van der Waals surface area contributed by atoms with Crippen LogP contribution in [0.3, 0.4) is 0 Å². The van der Waals surface area contributed by atoms with Gasteiger partial charge in [0, 0.05) is 6.04 Å². The Kier molecular flexibility index (Phi) is 3.46. The molecule has 0 aliphatic carbocycles. The summed E-state index contributed by atoms with van der Waals surface area (Å²) in [5.74, 6) is 0.0684. The van der Waals surface area contributed by atoms with E-state index in [0.717, 1.165) is 0 Å². The van der Waals surface area contributed by atoms with Gasteiger partial charge in [-0.15, -0.1) is 0 Å². The Hall–Kier alpha value is -1.10. The van der Waals surface area contributed by atoms with Crippen molar-refractivity contribution in [3.05, 3.63) is 0 Å². The highest BCUT2D eigenvalue weighted by Crippen LogP contribution is 2.25. The third-order valence-corrected chi connectivity index (χ3v) is 1.76. The number of ether oxygens (including phenoxy) is 3. The number of nitrogens with zero attached hydrogens (tertiary/aromatic N) is 1. The SMILES string of the molecule is COC(=O)C1OC1C(=NC(C)C)OC. The third kappa shape index (κ3) is 2.45. The van der Waals surface area contributed by atoms with E-state index < -0.39 is 6.10 Å². The van der Waals surface area contributed by atoms with E-state index in [9.17, 15) is 4.79 Å². The molecule has 1 aliphatic rings. The summed E-state index contributed by atoms with van der Waals surface area (Å²) in [5.41, 5.74) is 0. The second-order valence-corrected chi connectivity index (χ2v) is 3.27. The van der Waals surface area contributed by atoms with E-state index in [1.165, 1.54) is 14.2 Å². The highest BCUT2D eigenvalue weighted by atomic mass is 16.7. The van der Waals surface area contributed by atoms with Crippen LogP contribution >= 0.6 is 0 Å². The maximum atomic E-state index is 11.0. The van der Waals surface area contributed by atoms with Crippen molar-refractivity contribution in [1.29, 1.82) is 0 Å². The lowest BCUT2D eigenvalue weighted by Gasteiger charge is -2.03. The van der Waals surface area contributed by atoms with Gasteiger partial charge in [0.15, 0.2) is 12.2 Å². The Morgan fingerprint density at radius 3 is 2.36 bits per heavy atom. The van der Waals surface area contributed by atoms with Crippen LogP contribution in [0.1, 0.15) is 13.8 Å². The van der Waals surface area contributed by atoms with E-state index >= 15 is 0 Å². The fourth-order valence-electron chi connectivity index (χ4n) is 1.09. The van der Waals surface area contributed by atoms with Crippen molar-refractivity contribution >= 4 is 11.9 Å². The number of rotatable bonds is 3. The minimum atomic E-state index is -0.544. The zero-order chi connectivity index (χ0) is 10.7. The Bertz CT molecular complexity index is 249. The maximum Gasteiger partial charge on any atom is 0.338 e. The van der Waals surface area contributed by atoms with Gasteiger partial charge in [-0.3, -0.25) is 4.99 Å². The summed E-state index contributed by atoms with van der Waals surface area (Å²) in [5, 5.41) is 0. The summed E-state index contributed by atoms with van der Waals surface area (Å²) < 4.78 is 14.6. The molecular formula is C9H15NO4. The number of aliphatic imine (C=N–C) groups is 1. The molecule has 80 valence electrons. The lowest BCUT2D eigenvalue weighted by Crippen LogP contribution is -2.19. The fraction of sp³-hybridized carbons (Fsp3) is 0.778. The smallest absolute Gasteiger partial charge is 0.338 e. The van der Waals surface area contributed by atoms with E-state index in [0.29, 0.717) is 5.90 Å². The fourth-order valence-corrected chi connectivity index (χ4v) is 1.09. The van der Waals surface area contributed by atoms with Crippen LogP contribution < -0.4 is 0 Å². The molecule has 0 bridgehead atoms. The molecule has 0 aromatic heterocycles. The van der Waals surface area contributed by atoms with Crippen LogP contribution in [0.25, 0.3) is 0 Å². The van der Waals surface area contributed by atoms with E-state index in [1.54, 1.807) is 0 Å². The molecule has 2 atom stereocenters. The number of hydrogen-bond acceptors (Lipinski definition) is 5. The van der Waals surface area contributed by atoms with Crippen LogP contribution in [0.5, 0.6) is 0 Å². The van der Waals surface area contributed by atoms with Gasteiger partial charge in [-0.1, -0.05) is 0 Å². The molecule has 1 rings (SSSR count). The van der Waals surface area contributed by atoms with Gasteiger partial charge >= 0.3 is 5.97 Å². The van der Waals surface area contributed by atoms with Crippen LogP contribution in [-0.4, -0.2) is 44.3 Å². The molecule has 0 saturated carbocycles. The van der Waals surface area contributed by atoms with Crippen molar-refractivity contribution < 1.29 is 19.0 Å². The summed E-state index contributed by atoms with van der Waals surface area (Å²) in [4.78, 5) is 15.2. The van der Waals surface area contributed by atoms with E-state index in [4.69, 9.17) is 9.47 Å². The molecule has 2 unspecified atom stereocenters. The second kappa shape index (κ2) is 4.41. The van der Waals surface area contributed by atoms with Gasteiger partial charge in [0.1, 0.15) is 0 Å². The number of esters is 1. The van der Waals surface area contributed by atoms with E-state index in [2.05, 4.69) is 9.73 Å². The van der Waals surface area contributed by atoms with Crippen LogP contribution in [0.4, 0.5) is 0 Å². The molecule has 0 N–H and O–H groups in total. The Balaban J connectivity index is 2.55. The lowest BCUT2D eigenvalue weighted by molar-refractivity contribution is -0.142. The maximum absolute atomic E-state index is 11.0. The number of epoxide rings is 1. The van der Waals surface area contributed by atoms with Gasteiger partial charge < -0.3 is 14.2 Å². The van der Waals surface area contributed by atoms with Crippen LogP contribution in [0, 0.1) is 0 Å². The molecule has 0 aromatic rings. The molecule has 0 aromatic carbocycles. The minimum absolute atomic E-state index is 0.118. The van der Waals surface area contributed by atoms with Crippen LogP contribution in [0.15, 0.2) is 4.99 Å². The second-order valence-electron chi connectivity index (χ2n) is 3.27. The number of carbonyl (C=O) groups excluding carboxylic acids is 1. The van der Waals surface area contributed by atoms with Crippen molar-refractivity contribution in [2.24, 2.45) is 4.99 Å². The normalized spacial score (nSPS) is 26.2. The predicted molar refractivity (Wildman–Crippen MR) is 50.3 cm³/mol. The van der Waals surface area contributed by atoms with Crippen molar-refractivity contribution in [2.45, 2.75) is 32.1 Å². The average molecular weight is 201 g/mol. The summed E-state index contributed by atoms with van der Waals surface area (Å²) in [6, 6.07) is 0.118. The first kappa shape index (κ1) is 11.0. The van der Waals surface area contributed by atoms with Gasteiger partial charge in [0.2, 0.25) is 5.90 Å². The molecule has 5 nitrogen and oxygen atoms in total. The highest BCUT2D eigenvalue weighted by molar-refractivity contribution is 5.92. The molecular weight excluding hydrogens is 186 g/mol. The van der Waals surface area contributed by atoms with Gasteiger partial charge in [0.25, 0.3) is 0 Å². The molecule has 1 aliphatic heterocycles. The summed E-state index contributed by atoms with van der Waals surface area (Å²) in [6.07, 6.45) is -0.910. The first-order valence-electron chi connectivity index (χ1n) is 4.45. The monoisotopic (exact) mass is 201 g/mol. The summed E-state index contributed by atoms with van der Waals surface area (Å²) in [7, 11) is 2.84. The molecule has 0 radical (unpaired) electrons. The first-order chi connectivity index (χ1) is 6.60. The third-order valence-electron chi connectivity index (χ3n) is 1.76. The number of carbonyl (C=O) groups is 1. The number of methoxy groups -OCH3 is 2. The lowest BCUT2D eigenvalue weighted by atomic mass is 10.3. The number of hydrogen-bond donors (Lipinski definition) is 0. The quantitative estimate of drug-likeness (QED) is 0.286. The van der Waals surface area contributed by atoms with Crippen molar-refractivity contribution in [3.8, 4) is 0 Å². The topological polar surface area (TPSA) is 60.4 Å². The largest absolute Gasteiger partial charge is 0.482 e. The standard InChI is InChI=1S/C9H15NO4/c1-5(2)10-8(12-3)6-7(14-6)9(11)13-4/h5-7H,1-4H3. The Morgan fingerprint density at radius 1 is 1.29 bits per heavy atom. The Labute approximate surface area is 83.1 Å². The van der Waals surface area contributed by atoms with Crippen LogP contribution in [-0.2, 0) is 19.0 Å². The molecule has 1 heterocycles. The van der Waals surface area contributed by atoms with Gasteiger partial charge in [-0.05, 0) is 13.8 Å². The van der Waals surface area contributed by atoms with E-state index in [1.807, 2.05) is 13.8 Å².